The molecular formula is C15H16INO3. The molecule has 1 aromatic carbocycles. The highest BCUT2D eigenvalue weighted by Gasteiger charge is 2.05. The van der Waals surface area contributed by atoms with E-state index in [0.29, 0.717) is 31.3 Å². The van der Waals surface area contributed by atoms with Crippen LogP contribution in [0.3, 0.4) is 0 Å². The van der Waals surface area contributed by atoms with Gasteiger partial charge in [-0.25, -0.2) is 4.98 Å². The molecule has 0 amide bonds. The van der Waals surface area contributed by atoms with Crippen molar-refractivity contribution in [2.24, 2.45) is 0 Å². The molecule has 0 spiro atoms. The second-order valence-electron chi connectivity index (χ2n) is 4.15. The van der Waals surface area contributed by atoms with E-state index in [9.17, 15) is 0 Å². The van der Waals surface area contributed by atoms with Crippen LogP contribution in [0.5, 0.6) is 11.6 Å². The maximum atomic E-state index is 8.72. The topological polar surface area (TPSA) is 51.6 Å². The number of pyridine rings is 1. The maximum Gasteiger partial charge on any atom is 0.214 e. The minimum Gasteiger partial charge on any atom is -0.491 e. The lowest BCUT2D eigenvalue weighted by molar-refractivity contribution is 0.231. The Bertz CT molecular complexity index is 534. The lowest BCUT2D eigenvalue weighted by Crippen LogP contribution is -2.02. The smallest absolute Gasteiger partial charge is 0.214 e. The fourth-order valence-corrected chi connectivity index (χ4v) is 2.13. The van der Waals surface area contributed by atoms with Crippen molar-refractivity contribution < 1.29 is 14.6 Å². The first-order valence-electron chi connectivity index (χ1n) is 6.35. The number of rotatable bonds is 7. The monoisotopic (exact) mass is 385 g/mol. The molecule has 0 saturated carbocycles. The normalized spacial score (nSPS) is 10.3. The number of benzene rings is 1. The zero-order chi connectivity index (χ0) is 14.2. The third kappa shape index (κ3) is 4.64. The van der Waals surface area contributed by atoms with Crippen molar-refractivity contribution >= 4 is 22.6 Å². The predicted molar refractivity (Wildman–Crippen MR) is 84.9 cm³/mol. The third-order valence-corrected chi connectivity index (χ3v) is 3.43. The highest BCUT2D eigenvalue weighted by Crippen LogP contribution is 2.23. The summed E-state index contributed by atoms with van der Waals surface area (Å²) in [4.78, 5) is 4.22. The van der Waals surface area contributed by atoms with Crippen LogP contribution < -0.4 is 9.47 Å². The lowest BCUT2D eigenvalue weighted by atomic mass is 10.2. The first kappa shape index (κ1) is 15.1. The van der Waals surface area contributed by atoms with Crippen molar-refractivity contribution in [2.75, 3.05) is 13.2 Å². The van der Waals surface area contributed by atoms with Crippen LogP contribution in [0.1, 0.15) is 12.0 Å². The van der Waals surface area contributed by atoms with Crippen LogP contribution in [0.2, 0.25) is 0 Å². The van der Waals surface area contributed by atoms with Gasteiger partial charge in [-0.05, 0) is 28.2 Å². The number of aromatic nitrogens is 1. The largest absolute Gasteiger partial charge is 0.491 e. The fraction of sp³-hybridized carbons (Fsp3) is 0.267. The number of hydrogen-bond acceptors (Lipinski definition) is 4. The van der Waals surface area contributed by atoms with E-state index in [-0.39, 0.29) is 6.61 Å². The second kappa shape index (κ2) is 8.06. The Hall–Kier alpha value is -1.34. The van der Waals surface area contributed by atoms with Gasteiger partial charge in [0.1, 0.15) is 6.61 Å². The molecule has 0 aliphatic rings. The summed E-state index contributed by atoms with van der Waals surface area (Å²) in [6.45, 7) is 1.11. The molecule has 1 N–H and O–H groups in total. The molecule has 0 atom stereocenters. The van der Waals surface area contributed by atoms with E-state index >= 15 is 0 Å². The van der Waals surface area contributed by atoms with Crippen LogP contribution in [0, 0.1) is 3.57 Å². The number of aliphatic hydroxyl groups excluding tert-OH is 1. The van der Waals surface area contributed by atoms with Gasteiger partial charge >= 0.3 is 0 Å². The average Bonchev–Trinajstić information content (AvgIpc) is 2.48. The van der Waals surface area contributed by atoms with Gasteiger partial charge in [-0.2, -0.15) is 0 Å². The standard InChI is InChI=1S/C15H16INO3/c16-13-9-15(17-10-14(13)19-8-4-7-18)20-11-12-5-2-1-3-6-12/h1-3,5-6,9-10,18H,4,7-8,11H2. The molecule has 106 valence electrons. The summed E-state index contributed by atoms with van der Waals surface area (Å²) in [5.74, 6) is 1.29. The van der Waals surface area contributed by atoms with Crippen LogP contribution >= 0.6 is 22.6 Å². The molecule has 1 aromatic heterocycles. The molecule has 5 heteroatoms. The Morgan fingerprint density at radius 3 is 2.65 bits per heavy atom. The van der Waals surface area contributed by atoms with Gasteiger partial charge < -0.3 is 14.6 Å². The van der Waals surface area contributed by atoms with Gasteiger partial charge in [-0.15, -0.1) is 0 Å². The second-order valence-corrected chi connectivity index (χ2v) is 5.32. The number of halogens is 1. The van der Waals surface area contributed by atoms with Crippen molar-refractivity contribution in [3.63, 3.8) is 0 Å². The van der Waals surface area contributed by atoms with Crippen molar-refractivity contribution in [2.45, 2.75) is 13.0 Å². The molecule has 0 bridgehead atoms. The van der Waals surface area contributed by atoms with E-state index in [2.05, 4.69) is 27.6 Å². The van der Waals surface area contributed by atoms with E-state index in [1.54, 1.807) is 6.20 Å². The number of ether oxygens (including phenoxy) is 2. The summed E-state index contributed by atoms with van der Waals surface area (Å²) in [5.41, 5.74) is 1.10. The van der Waals surface area contributed by atoms with E-state index in [1.165, 1.54) is 0 Å². The van der Waals surface area contributed by atoms with E-state index in [1.807, 2.05) is 36.4 Å². The summed E-state index contributed by atoms with van der Waals surface area (Å²) < 4.78 is 12.1. The summed E-state index contributed by atoms with van der Waals surface area (Å²) in [6, 6.07) is 11.8. The molecule has 0 fully saturated rings. The van der Waals surface area contributed by atoms with E-state index < -0.39 is 0 Å². The molecule has 2 aromatic rings. The Morgan fingerprint density at radius 2 is 1.95 bits per heavy atom. The van der Waals surface area contributed by atoms with Crippen molar-refractivity contribution in [1.29, 1.82) is 0 Å². The van der Waals surface area contributed by atoms with Crippen LogP contribution in [-0.4, -0.2) is 23.3 Å². The highest BCUT2D eigenvalue weighted by molar-refractivity contribution is 14.1. The molecule has 1 heterocycles. The first-order chi connectivity index (χ1) is 9.79. The average molecular weight is 385 g/mol. The van der Waals surface area contributed by atoms with Crippen LogP contribution in [0.25, 0.3) is 0 Å². The Labute approximate surface area is 131 Å². The van der Waals surface area contributed by atoms with Gasteiger partial charge in [0.15, 0.2) is 5.75 Å². The minimum absolute atomic E-state index is 0.127. The Kier molecular flexibility index (Phi) is 6.07. The van der Waals surface area contributed by atoms with Crippen LogP contribution in [0.4, 0.5) is 0 Å². The van der Waals surface area contributed by atoms with Crippen molar-refractivity contribution in [3.05, 3.63) is 51.7 Å². The molecule has 4 nitrogen and oxygen atoms in total. The zero-order valence-corrected chi connectivity index (χ0v) is 13.1. The van der Waals surface area contributed by atoms with Crippen molar-refractivity contribution in [1.82, 2.24) is 4.98 Å². The fourth-order valence-electron chi connectivity index (χ4n) is 1.56. The van der Waals surface area contributed by atoms with Crippen LogP contribution in [0.15, 0.2) is 42.6 Å². The van der Waals surface area contributed by atoms with Gasteiger partial charge in [-0.1, -0.05) is 30.3 Å². The molecule has 0 radical (unpaired) electrons. The SMILES string of the molecule is OCCCOc1cnc(OCc2ccccc2)cc1I. The third-order valence-electron chi connectivity index (χ3n) is 2.58. The minimum atomic E-state index is 0.127. The van der Waals surface area contributed by atoms with Gasteiger partial charge in [0, 0.05) is 19.1 Å². The van der Waals surface area contributed by atoms with Gasteiger partial charge in [0.2, 0.25) is 5.88 Å². The molecule has 2 rings (SSSR count). The van der Waals surface area contributed by atoms with Crippen LogP contribution in [-0.2, 0) is 6.61 Å². The Balaban J connectivity index is 1.91. The first-order valence-corrected chi connectivity index (χ1v) is 7.43. The Morgan fingerprint density at radius 1 is 1.15 bits per heavy atom. The lowest BCUT2D eigenvalue weighted by Gasteiger charge is -2.09. The highest BCUT2D eigenvalue weighted by atomic mass is 127. The van der Waals surface area contributed by atoms with Crippen molar-refractivity contribution in [3.8, 4) is 11.6 Å². The molecule has 0 aliphatic heterocycles. The molecule has 0 unspecified atom stereocenters. The van der Waals surface area contributed by atoms with Gasteiger partial charge in [0.25, 0.3) is 0 Å². The predicted octanol–water partition coefficient (Wildman–Crippen LogP) is 3.03. The molecular weight excluding hydrogens is 369 g/mol. The number of nitrogens with zero attached hydrogens (tertiary/aromatic N) is 1. The van der Waals surface area contributed by atoms with Gasteiger partial charge in [-0.3, -0.25) is 0 Å². The molecule has 0 saturated heterocycles. The maximum absolute atomic E-state index is 8.72. The number of aliphatic hydroxyl groups is 1. The van der Waals surface area contributed by atoms with E-state index in [0.717, 1.165) is 9.13 Å². The molecule has 20 heavy (non-hydrogen) atoms. The quantitative estimate of drug-likeness (QED) is 0.588. The summed E-state index contributed by atoms with van der Waals surface area (Å²) in [7, 11) is 0. The summed E-state index contributed by atoms with van der Waals surface area (Å²) >= 11 is 2.18. The summed E-state index contributed by atoms with van der Waals surface area (Å²) in [5, 5.41) is 8.72. The van der Waals surface area contributed by atoms with Gasteiger partial charge in [0.05, 0.1) is 16.4 Å². The number of hydrogen-bond donors (Lipinski definition) is 1. The summed E-state index contributed by atoms with van der Waals surface area (Å²) in [6.07, 6.45) is 2.27. The molecule has 0 aliphatic carbocycles. The van der Waals surface area contributed by atoms with E-state index in [4.69, 9.17) is 14.6 Å². The zero-order valence-electron chi connectivity index (χ0n) is 11.0.